The summed E-state index contributed by atoms with van der Waals surface area (Å²) in [6.45, 7) is 5.23. The summed E-state index contributed by atoms with van der Waals surface area (Å²) in [4.78, 5) is 19.6. The molecule has 0 fully saturated rings. The third-order valence-corrected chi connectivity index (χ3v) is 0.874. The van der Waals surface area contributed by atoms with Crippen molar-refractivity contribution >= 4 is 5.97 Å². The van der Waals surface area contributed by atoms with E-state index in [2.05, 4.69) is 4.89 Å². The van der Waals surface area contributed by atoms with Gasteiger partial charge in [-0.15, -0.1) is 0 Å². The molecule has 3 N–H and O–H groups in total. The lowest BCUT2D eigenvalue weighted by atomic mass is 10.2. The van der Waals surface area contributed by atoms with Gasteiger partial charge in [-0.05, 0) is 20.8 Å². The molecular formula is C7H15NO4. The molecule has 0 aliphatic carbocycles. The first-order chi connectivity index (χ1) is 5.33. The van der Waals surface area contributed by atoms with Crippen LogP contribution < -0.4 is 5.73 Å². The molecule has 72 valence electrons. The van der Waals surface area contributed by atoms with E-state index in [9.17, 15) is 4.79 Å². The highest BCUT2D eigenvalue weighted by Gasteiger charge is 2.15. The minimum absolute atomic E-state index is 0.146. The first-order valence-corrected chi connectivity index (χ1v) is 3.62. The van der Waals surface area contributed by atoms with Gasteiger partial charge < -0.3 is 10.8 Å². The van der Waals surface area contributed by atoms with E-state index in [1.165, 1.54) is 0 Å². The van der Waals surface area contributed by atoms with Gasteiger partial charge in [0.1, 0.15) is 12.6 Å². The number of nitrogens with two attached hydrogens (primary N) is 1. The number of carboxylic acid groups (broad SMARTS) is 1. The van der Waals surface area contributed by atoms with Crippen molar-refractivity contribution < 1.29 is 19.7 Å². The quantitative estimate of drug-likeness (QED) is 0.471. The summed E-state index contributed by atoms with van der Waals surface area (Å²) >= 11 is 0. The summed E-state index contributed by atoms with van der Waals surface area (Å²) in [5.41, 5.74) is 4.70. The SMILES string of the molecule is CC(C)(C)OOC[C@H](N)C(=O)O. The zero-order valence-corrected chi connectivity index (χ0v) is 7.53. The van der Waals surface area contributed by atoms with Crippen LogP contribution in [0.2, 0.25) is 0 Å². The van der Waals surface area contributed by atoms with Crippen LogP contribution in [-0.2, 0) is 14.6 Å². The van der Waals surface area contributed by atoms with Gasteiger partial charge in [-0.2, -0.15) is 0 Å². The molecule has 0 aromatic rings. The zero-order chi connectivity index (χ0) is 9.78. The van der Waals surface area contributed by atoms with Crippen LogP contribution in [-0.4, -0.2) is 29.3 Å². The Bertz CT molecular complexity index is 152. The van der Waals surface area contributed by atoms with Crippen molar-refractivity contribution in [2.45, 2.75) is 32.4 Å². The predicted molar refractivity (Wildman–Crippen MR) is 42.4 cm³/mol. The van der Waals surface area contributed by atoms with Crippen molar-refractivity contribution in [2.75, 3.05) is 6.61 Å². The number of carbonyl (C=O) groups is 1. The number of rotatable bonds is 4. The van der Waals surface area contributed by atoms with Crippen LogP contribution in [0.25, 0.3) is 0 Å². The molecule has 0 saturated carbocycles. The lowest BCUT2D eigenvalue weighted by Gasteiger charge is -2.18. The van der Waals surface area contributed by atoms with Gasteiger partial charge in [0.15, 0.2) is 0 Å². The molecule has 0 saturated heterocycles. The van der Waals surface area contributed by atoms with Crippen molar-refractivity contribution in [3.05, 3.63) is 0 Å². The largest absolute Gasteiger partial charge is 0.480 e. The van der Waals surface area contributed by atoms with Crippen LogP contribution in [0, 0.1) is 0 Å². The Kier molecular flexibility index (Phi) is 4.16. The van der Waals surface area contributed by atoms with E-state index in [0.717, 1.165) is 0 Å². The molecule has 0 aromatic carbocycles. The summed E-state index contributed by atoms with van der Waals surface area (Å²) in [7, 11) is 0. The second-order valence-electron chi connectivity index (χ2n) is 3.42. The summed E-state index contributed by atoms with van der Waals surface area (Å²) in [6.07, 6.45) is 0. The van der Waals surface area contributed by atoms with Gasteiger partial charge in [-0.3, -0.25) is 4.79 Å². The van der Waals surface area contributed by atoms with Crippen LogP contribution >= 0.6 is 0 Å². The Morgan fingerprint density at radius 3 is 2.42 bits per heavy atom. The fourth-order valence-corrected chi connectivity index (χ4v) is 0.355. The smallest absolute Gasteiger partial charge is 0.323 e. The van der Waals surface area contributed by atoms with Crippen LogP contribution in [0.3, 0.4) is 0 Å². The topological polar surface area (TPSA) is 81.8 Å². The highest BCUT2D eigenvalue weighted by Crippen LogP contribution is 2.06. The van der Waals surface area contributed by atoms with Crippen LogP contribution in [0.4, 0.5) is 0 Å². The van der Waals surface area contributed by atoms with Gasteiger partial charge in [-0.25, -0.2) is 9.78 Å². The maximum absolute atomic E-state index is 10.2. The van der Waals surface area contributed by atoms with Crippen molar-refractivity contribution in [3.63, 3.8) is 0 Å². The zero-order valence-electron chi connectivity index (χ0n) is 7.53. The molecule has 5 heteroatoms. The fraction of sp³-hybridized carbons (Fsp3) is 0.857. The Morgan fingerprint density at radius 2 is 2.08 bits per heavy atom. The van der Waals surface area contributed by atoms with E-state index in [1.54, 1.807) is 20.8 Å². The summed E-state index contributed by atoms with van der Waals surface area (Å²) in [6, 6.07) is -1.03. The minimum Gasteiger partial charge on any atom is -0.480 e. The van der Waals surface area contributed by atoms with Gasteiger partial charge in [0.25, 0.3) is 0 Å². The van der Waals surface area contributed by atoms with Crippen LogP contribution in [0.15, 0.2) is 0 Å². The minimum atomic E-state index is -1.10. The predicted octanol–water partition coefficient (Wildman–Crippen LogP) is 0.145. The molecular weight excluding hydrogens is 162 g/mol. The van der Waals surface area contributed by atoms with Gasteiger partial charge in [0.2, 0.25) is 0 Å². The molecule has 0 radical (unpaired) electrons. The second kappa shape index (κ2) is 4.39. The Balaban J connectivity index is 3.51. The molecule has 12 heavy (non-hydrogen) atoms. The number of aliphatic carboxylic acids is 1. The Morgan fingerprint density at radius 1 is 1.58 bits per heavy atom. The van der Waals surface area contributed by atoms with Crippen LogP contribution in [0.1, 0.15) is 20.8 Å². The molecule has 0 aliphatic rings. The van der Waals surface area contributed by atoms with Crippen molar-refractivity contribution in [3.8, 4) is 0 Å². The second-order valence-corrected chi connectivity index (χ2v) is 3.42. The fourth-order valence-electron chi connectivity index (χ4n) is 0.355. The summed E-state index contributed by atoms with van der Waals surface area (Å²) in [5.74, 6) is -1.10. The molecule has 0 amide bonds. The molecule has 1 atom stereocenters. The van der Waals surface area contributed by atoms with E-state index in [4.69, 9.17) is 15.7 Å². The van der Waals surface area contributed by atoms with Gasteiger partial charge >= 0.3 is 5.97 Å². The molecule has 0 bridgehead atoms. The Hall–Kier alpha value is -0.650. The van der Waals surface area contributed by atoms with Gasteiger partial charge in [-0.1, -0.05) is 0 Å². The lowest BCUT2D eigenvalue weighted by molar-refractivity contribution is -0.349. The molecule has 0 unspecified atom stereocenters. The molecule has 0 aliphatic heterocycles. The van der Waals surface area contributed by atoms with E-state index in [-0.39, 0.29) is 6.61 Å². The van der Waals surface area contributed by atoms with E-state index in [1.807, 2.05) is 0 Å². The third-order valence-electron chi connectivity index (χ3n) is 0.874. The van der Waals surface area contributed by atoms with Crippen molar-refractivity contribution in [1.29, 1.82) is 0 Å². The molecule has 0 aromatic heterocycles. The standard InChI is InChI=1S/C7H15NO4/c1-7(2,3)12-11-4-5(8)6(9)10/h5H,4,8H2,1-3H3,(H,9,10)/t5-/m0/s1. The highest BCUT2D eigenvalue weighted by atomic mass is 17.2. The first-order valence-electron chi connectivity index (χ1n) is 3.62. The van der Waals surface area contributed by atoms with E-state index >= 15 is 0 Å². The van der Waals surface area contributed by atoms with Crippen molar-refractivity contribution in [2.24, 2.45) is 5.73 Å². The normalized spacial score (nSPS) is 14.3. The number of carboxylic acids is 1. The highest BCUT2D eigenvalue weighted by molar-refractivity contribution is 5.73. The molecule has 0 spiro atoms. The summed E-state index contributed by atoms with van der Waals surface area (Å²) < 4.78 is 0. The molecule has 5 nitrogen and oxygen atoms in total. The van der Waals surface area contributed by atoms with Gasteiger partial charge in [0.05, 0.1) is 5.60 Å². The Labute approximate surface area is 71.4 Å². The number of hydrogen-bond acceptors (Lipinski definition) is 4. The van der Waals surface area contributed by atoms with Crippen molar-refractivity contribution in [1.82, 2.24) is 0 Å². The lowest BCUT2D eigenvalue weighted by Crippen LogP contribution is -2.36. The van der Waals surface area contributed by atoms with Gasteiger partial charge in [0, 0.05) is 0 Å². The van der Waals surface area contributed by atoms with Crippen LogP contribution in [0.5, 0.6) is 0 Å². The summed E-state index contributed by atoms with van der Waals surface area (Å²) in [5, 5.41) is 8.35. The molecule has 0 heterocycles. The molecule has 0 rings (SSSR count). The van der Waals surface area contributed by atoms with E-state index in [0.29, 0.717) is 0 Å². The van der Waals surface area contributed by atoms with E-state index < -0.39 is 17.6 Å². The number of hydrogen-bond donors (Lipinski definition) is 2. The monoisotopic (exact) mass is 177 g/mol. The maximum atomic E-state index is 10.2. The maximum Gasteiger partial charge on any atom is 0.323 e. The first kappa shape index (κ1) is 11.4. The average molecular weight is 177 g/mol. The third kappa shape index (κ3) is 6.09. The average Bonchev–Trinajstić information content (AvgIpc) is 1.84.